The predicted octanol–water partition coefficient (Wildman–Crippen LogP) is 4.46. The maximum absolute atomic E-state index is 11.9. The molecule has 0 aliphatic heterocycles. The highest BCUT2D eigenvalue weighted by atomic mass is 35.5. The number of nitrogens with one attached hydrogen (secondary N) is 1. The van der Waals surface area contributed by atoms with Crippen LogP contribution in [0.4, 0.5) is 0 Å². The van der Waals surface area contributed by atoms with Crippen molar-refractivity contribution in [1.29, 1.82) is 0 Å². The number of ether oxygens (including phenoxy) is 1. The third-order valence-corrected chi connectivity index (χ3v) is 3.65. The quantitative estimate of drug-likeness (QED) is 0.809. The molecule has 0 saturated carbocycles. The highest BCUT2D eigenvalue weighted by Crippen LogP contribution is 2.22. The van der Waals surface area contributed by atoms with Gasteiger partial charge < -0.3 is 10.1 Å². The lowest BCUT2D eigenvalue weighted by Crippen LogP contribution is -2.24. The molecule has 0 atom stereocenters. The van der Waals surface area contributed by atoms with Crippen molar-refractivity contribution in [2.24, 2.45) is 0 Å². The van der Waals surface area contributed by atoms with Gasteiger partial charge in [0.2, 0.25) is 0 Å². The molecule has 0 fully saturated rings. The second kappa shape index (κ2) is 8.69. The fourth-order valence-corrected chi connectivity index (χ4v) is 2.25. The molecule has 0 saturated heterocycles. The van der Waals surface area contributed by atoms with E-state index in [1.807, 2.05) is 12.1 Å². The molecule has 6 heteroatoms. The van der Waals surface area contributed by atoms with E-state index in [4.69, 9.17) is 39.5 Å². The second-order valence-corrected chi connectivity index (χ2v) is 5.63. The molecule has 0 spiro atoms. The standard InChI is InChI=1S/C17H12Cl3NO2/c18-12-7-8-14(19)13(11-12)17(22)21-9-3-4-10-23-16-6-2-1-5-15(16)20/h1-2,5-8,11H,9-10H2,(H,21,22). The lowest BCUT2D eigenvalue weighted by atomic mass is 10.2. The first-order valence-electron chi connectivity index (χ1n) is 6.64. The molecular formula is C17H12Cl3NO2. The van der Waals surface area contributed by atoms with Gasteiger partial charge in [-0.25, -0.2) is 0 Å². The molecular weight excluding hydrogens is 357 g/mol. The number of carbonyl (C=O) groups excluding carboxylic acids is 1. The summed E-state index contributed by atoms with van der Waals surface area (Å²) in [5.74, 6) is 5.81. The van der Waals surface area contributed by atoms with E-state index in [0.717, 1.165) is 0 Å². The van der Waals surface area contributed by atoms with Gasteiger partial charge in [-0.15, -0.1) is 0 Å². The van der Waals surface area contributed by atoms with Crippen molar-refractivity contribution >= 4 is 40.7 Å². The van der Waals surface area contributed by atoms with Crippen LogP contribution >= 0.6 is 34.8 Å². The number of halogens is 3. The van der Waals surface area contributed by atoms with Crippen LogP contribution in [0.15, 0.2) is 42.5 Å². The van der Waals surface area contributed by atoms with Gasteiger partial charge in [0, 0.05) is 5.02 Å². The number of rotatable bonds is 4. The van der Waals surface area contributed by atoms with Crippen LogP contribution in [-0.2, 0) is 0 Å². The number of carbonyl (C=O) groups is 1. The zero-order chi connectivity index (χ0) is 16.7. The van der Waals surface area contributed by atoms with Gasteiger partial charge in [0.05, 0.1) is 22.2 Å². The smallest absolute Gasteiger partial charge is 0.253 e. The fraction of sp³-hybridized carbons (Fsp3) is 0.118. The molecule has 0 aliphatic carbocycles. The van der Waals surface area contributed by atoms with E-state index in [0.29, 0.717) is 26.4 Å². The van der Waals surface area contributed by atoms with E-state index < -0.39 is 0 Å². The summed E-state index contributed by atoms with van der Waals surface area (Å²) in [4.78, 5) is 11.9. The normalized spacial score (nSPS) is 9.70. The van der Waals surface area contributed by atoms with Crippen LogP contribution in [-0.4, -0.2) is 19.1 Å². The van der Waals surface area contributed by atoms with Crippen LogP contribution in [0, 0.1) is 11.8 Å². The highest BCUT2D eigenvalue weighted by molar-refractivity contribution is 6.35. The van der Waals surface area contributed by atoms with Crippen molar-refractivity contribution in [1.82, 2.24) is 5.32 Å². The van der Waals surface area contributed by atoms with Gasteiger partial charge in [-0.05, 0) is 30.3 Å². The van der Waals surface area contributed by atoms with Gasteiger partial charge >= 0.3 is 0 Å². The Bertz CT molecular complexity index is 766. The molecule has 2 aromatic rings. The van der Waals surface area contributed by atoms with Gasteiger partial charge in [0.1, 0.15) is 12.4 Å². The maximum Gasteiger partial charge on any atom is 0.253 e. The van der Waals surface area contributed by atoms with Crippen LogP contribution in [0.3, 0.4) is 0 Å². The maximum atomic E-state index is 11.9. The Morgan fingerprint density at radius 1 is 1.04 bits per heavy atom. The molecule has 2 rings (SSSR count). The second-order valence-electron chi connectivity index (χ2n) is 4.38. The van der Waals surface area contributed by atoms with Crippen LogP contribution in [0.1, 0.15) is 10.4 Å². The molecule has 0 radical (unpaired) electrons. The Hall–Kier alpha value is -1.86. The molecule has 0 bridgehead atoms. The first kappa shape index (κ1) is 17.5. The highest BCUT2D eigenvalue weighted by Gasteiger charge is 2.09. The van der Waals surface area contributed by atoms with E-state index in [-0.39, 0.29) is 19.1 Å². The zero-order valence-corrected chi connectivity index (χ0v) is 14.2. The summed E-state index contributed by atoms with van der Waals surface area (Å²) < 4.78 is 5.41. The molecule has 0 aliphatic rings. The Kier molecular flexibility index (Phi) is 6.61. The molecule has 1 N–H and O–H groups in total. The Labute approximate surface area is 149 Å². The summed E-state index contributed by atoms with van der Waals surface area (Å²) in [6, 6.07) is 11.8. The largest absolute Gasteiger partial charge is 0.479 e. The van der Waals surface area contributed by atoms with Crippen molar-refractivity contribution in [3.8, 4) is 17.6 Å². The average molecular weight is 369 g/mol. The van der Waals surface area contributed by atoms with Gasteiger partial charge in [0.25, 0.3) is 5.91 Å². The molecule has 2 aromatic carbocycles. The molecule has 0 heterocycles. The Morgan fingerprint density at radius 2 is 1.83 bits per heavy atom. The first-order chi connectivity index (χ1) is 11.1. The summed E-state index contributed by atoms with van der Waals surface area (Å²) >= 11 is 17.7. The molecule has 118 valence electrons. The number of amides is 1. The minimum absolute atomic E-state index is 0.174. The van der Waals surface area contributed by atoms with Crippen LogP contribution in [0.25, 0.3) is 0 Å². The average Bonchev–Trinajstić information content (AvgIpc) is 2.54. The molecule has 3 nitrogen and oxygen atoms in total. The van der Waals surface area contributed by atoms with Crippen LogP contribution in [0.5, 0.6) is 5.75 Å². The lowest BCUT2D eigenvalue weighted by molar-refractivity contribution is 0.0959. The van der Waals surface area contributed by atoms with Gasteiger partial charge in [0.15, 0.2) is 0 Å². The van der Waals surface area contributed by atoms with Gasteiger partial charge in [-0.3, -0.25) is 4.79 Å². The minimum atomic E-state index is -0.334. The number of hydrogen-bond acceptors (Lipinski definition) is 2. The third kappa shape index (κ3) is 5.37. The summed E-state index contributed by atoms with van der Waals surface area (Å²) in [5, 5.41) is 3.94. The monoisotopic (exact) mass is 367 g/mol. The number of hydrogen-bond donors (Lipinski definition) is 1. The molecule has 0 aromatic heterocycles. The molecule has 23 heavy (non-hydrogen) atoms. The topological polar surface area (TPSA) is 38.3 Å². The van der Waals surface area contributed by atoms with Crippen molar-refractivity contribution in [3.63, 3.8) is 0 Å². The summed E-state index contributed by atoms with van der Waals surface area (Å²) in [5.41, 5.74) is 0.313. The minimum Gasteiger partial charge on any atom is -0.479 e. The fourth-order valence-electron chi connectivity index (χ4n) is 1.68. The first-order valence-corrected chi connectivity index (χ1v) is 7.77. The van der Waals surface area contributed by atoms with Crippen molar-refractivity contribution in [2.45, 2.75) is 0 Å². The van der Waals surface area contributed by atoms with E-state index in [1.165, 1.54) is 6.07 Å². The van der Waals surface area contributed by atoms with E-state index in [2.05, 4.69) is 17.2 Å². The molecule has 1 amide bonds. The summed E-state index contributed by atoms with van der Waals surface area (Å²) in [7, 11) is 0. The van der Waals surface area contributed by atoms with Crippen molar-refractivity contribution < 1.29 is 9.53 Å². The van der Waals surface area contributed by atoms with E-state index in [9.17, 15) is 4.79 Å². The SMILES string of the molecule is O=C(NCC#CCOc1ccccc1Cl)c1cc(Cl)ccc1Cl. The van der Waals surface area contributed by atoms with Crippen LogP contribution in [0.2, 0.25) is 15.1 Å². The van der Waals surface area contributed by atoms with Gasteiger partial charge in [-0.1, -0.05) is 58.8 Å². The summed E-state index contributed by atoms with van der Waals surface area (Å²) in [6.45, 7) is 0.352. The predicted molar refractivity (Wildman–Crippen MR) is 93.5 cm³/mol. The lowest BCUT2D eigenvalue weighted by Gasteiger charge is -2.04. The van der Waals surface area contributed by atoms with Gasteiger partial charge in [-0.2, -0.15) is 0 Å². The van der Waals surface area contributed by atoms with Crippen molar-refractivity contribution in [3.05, 3.63) is 63.1 Å². The summed E-state index contributed by atoms with van der Waals surface area (Å²) in [6.07, 6.45) is 0. The Morgan fingerprint density at radius 3 is 2.61 bits per heavy atom. The third-order valence-electron chi connectivity index (χ3n) is 2.77. The zero-order valence-electron chi connectivity index (χ0n) is 11.9. The van der Waals surface area contributed by atoms with E-state index >= 15 is 0 Å². The van der Waals surface area contributed by atoms with Crippen LogP contribution < -0.4 is 10.1 Å². The number of para-hydroxylation sites is 1. The van der Waals surface area contributed by atoms with Crippen molar-refractivity contribution in [2.75, 3.05) is 13.2 Å². The number of benzene rings is 2. The van der Waals surface area contributed by atoms with E-state index in [1.54, 1.807) is 24.3 Å². The molecule has 0 unspecified atom stereocenters. The Balaban J connectivity index is 1.80.